The van der Waals surface area contributed by atoms with Crippen LogP contribution in [-0.2, 0) is 13.2 Å². The maximum absolute atomic E-state index is 11.5. The highest BCUT2D eigenvalue weighted by molar-refractivity contribution is 5.85. The number of hydrogen-bond donors (Lipinski definition) is 0. The molecule has 0 heterocycles. The first-order valence-electron chi connectivity index (χ1n) is 12.8. The Morgan fingerprint density at radius 3 is 1.59 bits per heavy atom. The van der Waals surface area contributed by atoms with Crippen LogP contribution in [0, 0.1) is 6.92 Å². The number of rotatable bonds is 13. The Kier molecular flexibility index (Phi) is 9.47. The lowest BCUT2D eigenvalue weighted by Crippen LogP contribution is -2.02. The van der Waals surface area contributed by atoms with E-state index in [0.717, 1.165) is 27.8 Å². The summed E-state index contributed by atoms with van der Waals surface area (Å²) in [7, 11) is 5.98. The van der Waals surface area contributed by atoms with Crippen molar-refractivity contribution in [2.24, 2.45) is 0 Å². The van der Waals surface area contributed by atoms with Gasteiger partial charge in [0.2, 0.25) is 0 Å². The van der Waals surface area contributed by atoms with Crippen LogP contribution in [0.5, 0.6) is 34.5 Å². The average Bonchev–Trinajstić information content (AvgIpc) is 3.02. The van der Waals surface area contributed by atoms with Crippen molar-refractivity contribution in [1.29, 1.82) is 0 Å². The summed E-state index contributed by atoms with van der Waals surface area (Å²) in [5.41, 5.74) is 5.83. The molecular formula is C33H32O8. The van der Waals surface area contributed by atoms with E-state index < -0.39 is 0 Å². The minimum atomic E-state index is 0.308. The highest BCUT2D eigenvalue weighted by atomic mass is 16.5. The number of methoxy groups -OCH3 is 4. The Morgan fingerprint density at radius 1 is 0.610 bits per heavy atom. The summed E-state index contributed by atoms with van der Waals surface area (Å²) in [6.45, 7) is 2.68. The van der Waals surface area contributed by atoms with Gasteiger partial charge in [-0.2, -0.15) is 0 Å². The third-order valence-corrected chi connectivity index (χ3v) is 6.75. The van der Waals surface area contributed by atoms with Crippen molar-refractivity contribution >= 4 is 12.6 Å². The van der Waals surface area contributed by atoms with Crippen molar-refractivity contribution in [3.05, 3.63) is 94.5 Å². The topological polar surface area (TPSA) is 89.5 Å². The van der Waals surface area contributed by atoms with Gasteiger partial charge >= 0.3 is 0 Å². The van der Waals surface area contributed by atoms with Crippen molar-refractivity contribution in [2.45, 2.75) is 20.1 Å². The zero-order chi connectivity index (χ0) is 29.4. The molecule has 0 unspecified atom stereocenters. The Bertz CT molecular complexity index is 1490. The van der Waals surface area contributed by atoms with Crippen LogP contribution in [0.4, 0.5) is 0 Å². The van der Waals surface area contributed by atoms with Crippen molar-refractivity contribution in [3.63, 3.8) is 0 Å². The maximum atomic E-state index is 11.5. The summed E-state index contributed by atoms with van der Waals surface area (Å²) in [6, 6.07) is 20.9. The fourth-order valence-electron chi connectivity index (χ4n) is 4.54. The Labute approximate surface area is 239 Å². The monoisotopic (exact) mass is 556 g/mol. The van der Waals surface area contributed by atoms with E-state index in [-0.39, 0.29) is 0 Å². The van der Waals surface area contributed by atoms with Gasteiger partial charge in [0.1, 0.15) is 47.7 Å². The van der Waals surface area contributed by atoms with E-state index in [4.69, 9.17) is 28.4 Å². The van der Waals surface area contributed by atoms with Gasteiger partial charge in [-0.3, -0.25) is 9.59 Å². The van der Waals surface area contributed by atoms with E-state index in [1.165, 1.54) is 28.4 Å². The van der Waals surface area contributed by atoms with Gasteiger partial charge in [0.15, 0.2) is 12.6 Å². The SMILES string of the molecule is COc1cc(OCc2cccc(-c3cccc(COc4cc(OC)c(C=O)c(OC)c4)c3C)c2)cc(OC)c1C=O. The van der Waals surface area contributed by atoms with Gasteiger partial charge in [-0.25, -0.2) is 0 Å². The molecule has 0 saturated carbocycles. The van der Waals surface area contributed by atoms with Crippen molar-refractivity contribution in [2.75, 3.05) is 28.4 Å². The first-order valence-corrected chi connectivity index (χ1v) is 12.8. The molecule has 4 aromatic rings. The quantitative estimate of drug-likeness (QED) is 0.173. The Balaban J connectivity index is 1.52. The van der Waals surface area contributed by atoms with Crippen LogP contribution >= 0.6 is 0 Å². The molecule has 0 fully saturated rings. The van der Waals surface area contributed by atoms with E-state index in [1.807, 2.05) is 24.3 Å². The normalized spacial score (nSPS) is 10.5. The van der Waals surface area contributed by atoms with E-state index in [9.17, 15) is 9.59 Å². The largest absolute Gasteiger partial charge is 0.496 e. The molecule has 0 spiro atoms. The first kappa shape index (κ1) is 29.0. The molecule has 0 aliphatic rings. The lowest BCUT2D eigenvalue weighted by atomic mass is 9.95. The summed E-state index contributed by atoms with van der Waals surface area (Å²) in [5.74, 6) is 2.59. The van der Waals surface area contributed by atoms with Crippen molar-refractivity contribution in [3.8, 4) is 45.6 Å². The number of hydrogen-bond acceptors (Lipinski definition) is 8. The Morgan fingerprint density at radius 2 is 1.10 bits per heavy atom. The smallest absolute Gasteiger partial charge is 0.157 e. The predicted molar refractivity (Wildman–Crippen MR) is 155 cm³/mol. The number of carbonyl (C=O) groups excluding carboxylic acids is 2. The average molecular weight is 557 g/mol. The fourth-order valence-corrected chi connectivity index (χ4v) is 4.54. The van der Waals surface area contributed by atoms with Crippen LogP contribution in [0.15, 0.2) is 66.7 Å². The summed E-state index contributed by atoms with van der Waals surface area (Å²) >= 11 is 0. The van der Waals surface area contributed by atoms with Crippen LogP contribution in [0.1, 0.15) is 37.4 Å². The molecule has 41 heavy (non-hydrogen) atoms. The fraction of sp³-hybridized carbons (Fsp3) is 0.212. The molecule has 0 aromatic heterocycles. The van der Waals surface area contributed by atoms with Gasteiger partial charge in [-0.05, 0) is 40.8 Å². The molecule has 0 bridgehead atoms. The van der Waals surface area contributed by atoms with Gasteiger partial charge in [0.25, 0.3) is 0 Å². The molecule has 212 valence electrons. The number of aldehydes is 2. The highest BCUT2D eigenvalue weighted by Crippen LogP contribution is 2.35. The molecule has 0 amide bonds. The van der Waals surface area contributed by atoms with E-state index >= 15 is 0 Å². The molecule has 4 rings (SSSR count). The maximum Gasteiger partial charge on any atom is 0.157 e. The second-order valence-corrected chi connectivity index (χ2v) is 9.09. The molecular weight excluding hydrogens is 524 g/mol. The van der Waals surface area contributed by atoms with Crippen LogP contribution in [0.2, 0.25) is 0 Å². The predicted octanol–water partition coefficient (Wildman–Crippen LogP) is 6.48. The van der Waals surface area contributed by atoms with Gasteiger partial charge in [0, 0.05) is 24.3 Å². The lowest BCUT2D eigenvalue weighted by molar-refractivity contribution is 0.110. The molecule has 0 radical (unpaired) electrons. The molecule has 0 atom stereocenters. The first-order chi connectivity index (χ1) is 20.0. The van der Waals surface area contributed by atoms with Gasteiger partial charge in [-0.1, -0.05) is 36.4 Å². The van der Waals surface area contributed by atoms with E-state index in [0.29, 0.717) is 71.4 Å². The van der Waals surface area contributed by atoms with Gasteiger partial charge < -0.3 is 28.4 Å². The van der Waals surface area contributed by atoms with Crippen molar-refractivity contribution < 1.29 is 38.0 Å². The zero-order valence-electron chi connectivity index (χ0n) is 23.7. The van der Waals surface area contributed by atoms with Crippen LogP contribution in [0.3, 0.4) is 0 Å². The standard InChI is InChI=1S/C33H32O8/c1-21-24(20-41-26-15-32(38-4)29(18-35)33(16-26)39-5)10-7-11-27(21)23-9-6-8-22(12-23)19-40-25-13-30(36-2)28(17-34)31(14-25)37-3/h6-18H,19-20H2,1-5H3. The number of ether oxygens (including phenoxy) is 6. The van der Waals surface area contributed by atoms with E-state index in [2.05, 4.69) is 25.1 Å². The number of carbonyl (C=O) groups is 2. The summed E-state index contributed by atoms with van der Waals surface area (Å²) in [6.07, 6.45) is 1.40. The minimum absolute atomic E-state index is 0.308. The highest BCUT2D eigenvalue weighted by Gasteiger charge is 2.15. The summed E-state index contributed by atoms with van der Waals surface area (Å²) in [4.78, 5) is 22.9. The molecule has 0 aliphatic heterocycles. The number of benzene rings is 4. The second kappa shape index (κ2) is 13.4. The van der Waals surface area contributed by atoms with E-state index in [1.54, 1.807) is 24.3 Å². The zero-order valence-corrected chi connectivity index (χ0v) is 23.7. The molecule has 0 N–H and O–H groups in total. The van der Waals surface area contributed by atoms with Crippen molar-refractivity contribution in [1.82, 2.24) is 0 Å². The molecule has 4 aromatic carbocycles. The molecule has 0 aliphatic carbocycles. The van der Waals surface area contributed by atoms with Gasteiger partial charge in [-0.15, -0.1) is 0 Å². The third-order valence-electron chi connectivity index (χ3n) is 6.75. The van der Waals surface area contributed by atoms with Crippen LogP contribution in [0.25, 0.3) is 11.1 Å². The van der Waals surface area contributed by atoms with Crippen LogP contribution in [-0.4, -0.2) is 41.0 Å². The molecule has 8 heteroatoms. The molecule has 0 saturated heterocycles. The summed E-state index contributed by atoms with van der Waals surface area (Å²) in [5, 5.41) is 0. The van der Waals surface area contributed by atoms with Gasteiger partial charge in [0.05, 0.1) is 39.6 Å². The Hall–Kier alpha value is -4.98. The third kappa shape index (κ3) is 6.44. The van der Waals surface area contributed by atoms with Crippen LogP contribution < -0.4 is 28.4 Å². The molecule has 8 nitrogen and oxygen atoms in total. The lowest BCUT2D eigenvalue weighted by Gasteiger charge is -2.16. The second-order valence-electron chi connectivity index (χ2n) is 9.09. The summed E-state index contributed by atoms with van der Waals surface area (Å²) < 4.78 is 33.4. The minimum Gasteiger partial charge on any atom is -0.496 e.